The van der Waals surface area contributed by atoms with Gasteiger partial charge in [0.2, 0.25) is 0 Å². The second kappa shape index (κ2) is 3.35. The molecule has 0 saturated heterocycles. The summed E-state index contributed by atoms with van der Waals surface area (Å²) < 4.78 is 0. The fourth-order valence-corrected chi connectivity index (χ4v) is 2.61. The highest BCUT2D eigenvalue weighted by Crippen LogP contribution is 2.37. The maximum atomic E-state index is 6.29. The quantitative estimate of drug-likeness (QED) is 0.748. The van der Waals surface area contributed by atoms with Crippen LogP contribution in [0.5, 0.6) is 0 Å². The van der Waals surface area contributed by atoms with Crippen molar-refractivity contribution >= 4 is 11.3 Å². The Morgan fingerprint density at radius 3 is 2.77 bits per heavy atom. The molecule has 1 saturated carbocycles. The van der Waals surface area contributed by atoms with Gasteiger partial charge in [-0.1, -0.05) is 6.92 Å². The van der Waals surface area contributed by atoms with Gasteiger partial charge >= 0.3 is 0 Å². The monoisotopic (exact) mass is 197 g/mol. The van der Waals surface area contributed by atoms with Crippen LogP contribution in [0.1, 0.15) is 37.6 Å². The molecular weight excluding hydrogens is 182 g/mol. The first-order valence-electron chi connectivity index (χ1n) is 4.76. The maximum absolute atomic E-state index is 6.29. The fourth-order valence-electron chi connectivity index (χ4n) is 1.88. The Balaban J connectivity index is 2.13. The van der Waals surface area contributed by atoms with Gasteiger partial charge < -0.3 is 5.73 Å². The van der Waals surface area contributed by atoms with Crippen molar-refractivity contribution in [1.82, 2.24) is 10.2 Å². The molecule has 13 heavy (non-hydrogen) atoms. The molecule has 1 aromatic heterocycles. The predicted octanol–water partition coefficient (Wildman–Crippen LogP) is 1.90. The third kappa shape index (κ3) is 1.74. The van der Waals surface area contributed by atoms with Gasteiger partial charge in [-0.2, -0.15) is 0 Å². The second-order valence-corrected chi connectivity index (χ2v) is 4.92. The molecule has 1 aromatic rings. The van der Waals surface area contributed by atoms with Crippen molar-refractivity contribution in [3.8, 4) is 0 Å². The molecule has 1 fully saturated rings. The molecular formula is C9H15N3S. The van der Waals surface area contributed by atoms with E-state index in [0.29, 0.717) is 0 Å². The van der Waals surface area contributed by atoms with E-state index in [2.05, 4.69) is 17.1 Å². The molecule has 2 N–H and O–H groups in total. The fraction of sp³-hybridized carbons (Fsp3) is 0.778. The lowest BCUT2D eigenvalue weighted by Gasteiger charge is -2.33. The molecule has 0 radical (unpaired) electrons. The van der Waals surface area contributed by atoms with Gasteiger partial charge in [-0.25, -0.2) is 0 Å². The van der Waals surface area contributed by atoms with Crippen molar-refractivity contribution < 1.29 is 0 Å². The van der Waals surface area contributed by atoms with Crippen LogP contribution in [0, 0.1) is 5.92 Å². The third-order valence-electron chi connectivity index (χ3n) is 2.95. The topological polar surface area (TPSA) is 51.8 Å². The standard InChI is InChI=1S/C9H15N3S/c1-7-2-4-9(10,5-3-7)8-12-11-6-13-8/h6-7H,2-5,10H2,1H3. The molecule has 0 aliphatic heterocycles. The average Bonchev–Trinajstić information content (AvgIpc) is 2.63. The molecule has 2 rings (SSSR count). The number of nitrogens with two attached hydrogens (primary N) is 1. The van der Waals surface area contributed by atoms with Crippen molar-refractivity contribution in [1.29, 1.82) is 0 Å². The van der Waals surface area contributed by atoms with Gasteiger partial charge in [0.25, 0.3) is 0 Å². The summed E-state index contributed by atoms with van der Waals surface area (Å²) in [7, 11) is 0. The number of rotatable bonds is 1. The molecule has 1 aliphatic carbocycles. The summed E-state index contributed by atoms with van der Waals surface area (Å²) in [6.45, 7) is 2.29. The van der Waals surface area contributed by atoms with Crippen LogP contribution < -0.4 is 5.73 Å². The van der Waals surface area contributed by atoms with Crippen LogP contribution in [-0.4, -0.2) is 10.2 Å². The number of nitrogens with zero attached hydrogens (tertiary/aromatic N) is 2. The summed E-state index contributed by atoms with van der Waals surface area (Å²) in [5.74, 6) is 0.824. The van der Waals surface area contributed by atoms with Gasteiger partial charge in [0.1, 0.15) is 10.5 Å². The lowest BCUT2D eigenvalue weighted by Crippen LogP contribution is -2.40. The first-order chi connectivity index (χ1) is 6.21. The highest BCUT2D eigenvalue weighted by molar-refractivity contribution is 7.09. The van der Waals surface area contributed by atoms with Crippen LogP contribution >= 0.6 is 11.3 Å². The number of hydrogen-bond donors (Lipinski definition) is 1. The van der Waals surface area contributed by atoms with Crippen molar-refractivity contribution in [2.75, 3.05) is 0 Å². The molecule has 3 nitrogen and oxygen atoms in total. The minimum absolute atomic E-state index is 0.173. The minimum atomic E-state index is -0.173. The summed E-state index contributed by atoms with van der Waals surface area (Å²) in [5.41, 5.74) is 7.89. The molecule has 4 heteroatoms. The Hall–Kier alpha value is -0.480. The van der Waals surface area contributed by atoms with Crippen LogP contribution in [0.15, 0.2) is 5.51 Å². The van der Waals surface area contributed by atoms with Crippen molar-refractivity contribution in [3.63, 3.8) is 0 Å². The van der Waals surface area contributed by atoms with E-state index in [0.717, 1.165) is 23.8 Å². The summed E-state index contributed by atoms with van der Waals surface area (Å²) in [6, 6.07) is 0. The lowest BCUT2D eigenvalue weighted by atomic mass is 9.78. The van der Waals surface area contributed by atoms with Gasteiger partial charge in [0.05, 0.1) is 5.54 Å². The van der Waals surface area contributed by atoms with Gasteiger partial charge in [-0.15, -0.1) is 21.5 Å². The largest absolute Gasteiger partial charge is 0.319 e. The van der Waals surface area contributed by atoms with Crippen molar-refractivity contribution in [2.45, 2.75) is 38.1 Å². The van der Waals surface area contributed by atoms with E-state index in [4.69, 9.17) is 5.73 Å². The van der Waals surface area contributed by atoms with E-state index in [-0.39, 0.29) is 5.54 Å². The SMILES string of the molecule is CC1CCC(N)(c2nncs2)CC1. The summed E-state index contributed by atoms with van der Waals surface area (Å²) in [6.07, 6.45) is 4.55. The lowest BCUT2D eigenvalue weighted by molar-refractivity contribution is 0.246. The van der Waals surface area contributed by atoms with Gasteiger partial charge in [-0.3, -0.25) is 0 Å². The second-order valence-electron chi connectivity index (χ2n) is 4.08. The molecule has 0 atom stereocenters. The van der Waals surface area contributed by atoms with Crippen molar-refractivity contribution in [3.05, 3.63) is 10.5 Å². The summed E-state index contributed by atoms with van der Waals surface area (Å²) in [5, 5.41) is 8.94. The first-order valence-corrected chi connectivity index (χ1v) is 5.64. The normalized spacial score (nSPS) is 34.8. The van der Waals surface area contributed by atoms with E-state index in [9.17, 15) is 0 Å². The van der Waals surface area contributed by atoms with Crippen LogP contribution in [0.2, 0.25) is 0 Å². The van der Waals surface area contributed by atoms with Gasteiger partial charge in [0, 0.05) is 0 Å². The first kappa shape index (κ1) is 9.09. The Kier molecular flexibility index (Phi) is 2.34. The molecule has 0 unspecified atom stereocenters. The molecule has 0 aromatic carbocycles. The smallest absolute Gasteiger partial charge is 0.137 e. The number of hydrogen-bond acceptors (Lipinski definition) is 4. The van der Waals surface area contributed by atoms with Gasteiger partial charge in [0.15, 0.2) is 0 Å². The molecule has 0 amide bonds. The van der Waals surface area contributed by atoms with Gasteiger partial charge in [-0.05, 0) is 31.6 Å². The van der Waals surface area contributed by atoms with E-state index >= 15 is 0 Å². The molecule has 72 valence electrons. The van der Waals surface area contributed by atoms with Crippen LogP contribution in [0.4, 0.5) is 0 Å². The Morgan fingerprint density at radius 2 is 2.23 bits per heavy atom. The Labute approximate surface area is 82.4 Å². The molecule has 0 spiro atoms. The highest BCUT2D eigenvalue weighted by atomic mass is 32.1. The Bertz CT molecular complexity index is 262. The molecule has 1 heterocycles. The van der Waals surface area contributed by atoms with E-state index in [1.54, 1.807) is 16.8 Å². The Morgan fingerprint density at radius 1 is 1.54 bits per heavy atom. The number of aromatic nitrogens is 2. The predicted molar refractivity (Wildman–Crippen MR) is 53.4 cm³/mol. The molecule has 1 aliphatic rings. The third-order valence-corrected chi connectivity index (χ3v) is 3.86. The zero-order valence-corrected chi connectivity index (χ0v) is 8.68. The highest BCUT2D eigenvalue weighted by Gasteiger charge is 2.34. The summed E-state index contributed by atoms with van der Waals surface area (Å²) >= 11 is 1.58. The molecule has 0 bridgehead atoms. The maximum Gasteiger partial charge on any atom is 0.137 e. The van der Waals surface area contributed by atoms with E-state index < -0.39 is 0 Å². The zero-order chi connectivity index (χ0) is 9.31. The van der Waals surface area contributed by atoms with Crippen molar-refractivity contribution in [2.24, 2.45) is 11.7 Å². The summed E-state index contributed by atoms with van der Waals surface area (Å²) in [4.78, 5) is 0. The van der Waals surface area contributed by atoms with Crippen LogP contribution in [0.3, 0.4) is 0 Å². The van der Waals surface area contributed by atoms with Crippen LogP contribution in [0.25, 0.3) is 0 Å². The van der Waals surface area contributed by atoms with E-state index in [1.807, 2.05) is 0 Å². The zero-order valence-electron chi connectivity index (χ0n) is 7.86. The van der Waals surface area contributed by atoms with E-state index in [1.165, 1.54) is 12.8 Å². The minimum Gasteiger partial charge on any atom is -0.319 e. The van der Waals surface area contributed by atoms with Crippen LogP contribution in [-0.2, 0) is 5.54 Å². The average molecular weight is 197 g/mol.